The number of aromatic nitrogens is 4. The number of rotatable bonds is 7. The van der Waals surface area contributed by atoms with Gasteiger partial charge in [-0.15, -0.1) is 0 Å². The third-order valence-corrected chi connectivity index (χ3v) is 8.72. The number of hydrogen-bond acceptors (Lipinski definition) is 8. The number of anilines is 1. The lowest BCUT2D eigenvalue weighted by Crippen LogP contribution is -2.46. The molecular weight excluding hydrogens is 603 g/mol. The van der Waals surface area contributed by atoms with Crippen molar-refractivity contribution in [3.63, 3.8) is 0 Å². The molecule has 1 saturated carbocycles. The Morgan fingerprint density at radius 1 is 1.15 bits per heavy atom. The number of alkyl halides is 3. The van der Waals surface area contributed by atoms with Gasteiger partial charge in [0.2, 0.25) is 11.8 Å². The summed E-state index contributed by atoms with van der Waals surface area (Å²) in [5.74, 6) is -0.0618. The van der Waals surface area contributed by atoms with E-state index in [1.807, 2.05) is 16.8 Å². The van der Waals surface area contributed by atoms with Crippen LogP contribution in [0.1, 0.15) is 75.4 Å². The first-order valence-corrected chi connectivity index (χ1v) is 14.9. The Hall–Kier alpha value is -4.98. The largest absolute Gasteiger partial charge is 0.446 e. The maximum Gasteiger partial charge on any atom is 0.433 e. The molecule has 2 unspecified atom stereocenters. The van der Waals surface area contributed by atoms with Gasteiger partial charge in [-0.2, -0.15) is 18.3 Å². The van der Waals surface area contributed by atoms with E-state index in [1.54, 1.807) is 0 Å². The Bertz CT molecular complexity index is 1800. The minimum Gasteiger partial charge on any atom is -0.446 e. The van der Waals surface area contributed by atoms with Crippen LogP contribution in [0.15, 0.2) is 66.1 Å². The summed E-state index contributed by atoms with van der Waals surface area (Å²) in [6, 6.07) is 8.19. The monoisotopic (exact) mass is 633 g/mol. The summed E-state index contributed by atoms with van der Waals surface area (Å²) in [6.07, 6.45) is 2.26. The van der Waals surface area contributed by atoms with Crippen molar-refractivity contribution in [2.45, 2.75) is 50.1 Å². The predicted molar refractivity (Wildman–Crippen MR) is 157 cm³/mol. The molecule has 11 nitrogen and oxygen atoms in total. The molecule has 0 radical (unpaired) electrons. The average Bonchev–Trinajstić information content (AvgIpc) is 3.67. The van der Waals surface area contributed by atoms with Crippen LogP contribution in [0.25, 0.3) is 5.69 Å². The number of carbonyl (C=O) groups is 2. The zero-order chi connectivity index (χ0) is 32.2. The van der Waals surface area contributed by atoms with E-state index in [4.69, 9.17) is 20.0 Å². The van der Waals surface area contributed by atoms with Crippen molar-refractivity contribution in [3.8, 4) is 5.69 Å². The van der Waals surface area contributed by atoms with Gasteiger partial charge in [0.15, 0.2) is 0 Å². The molecule has 4 aromatic rings. The van der Waals surface area contributed by atoms with Crippen LogP contribution in [0.3, 0.4) is 0 Å². The second-order valence-electron chi connectivity index (χ2n) is 11.6. The van der Waals surface area contributed by atoms with Crippen LogP contribution in [0, 0.1) is 0 Å². The lowest BCUT2D eigenvalue weighted by atomic mass is 9.94. The normalized spacial score (nSPS) is 19.5. The third kappa shape index (κ3) is 5.42. The maximum absolute atomic E-state index is 14.0. The number of hydrogen-bond donors (Lipinski definition) is 1. The highest BCUT2D eigenvalue weighted by atomic mass is 19.4. The fraction of sp³-hybridized carbons (Fsp3) is 0.344. The number of ether oxygens (including phenoxy) is 1. The van der Waals surface area contributed by atoms with Gasteiger partial charge in [0, 0.05) is 37.0 Å². The lowest BCUT2D eigenvalue weighted by molar-refractivity contribution is -0.141. The van der Waals surface area contributed by atoms with E-state index in [2.05, 4.69) is 28.7 Å². The Balaban J connectivity index is 1.32. The molecule has 2 aliphatic heterocycles. The van der Waals surface area contributed by atoms with Crippen LogP contribution in [0.5, 0.6) is 0 Å². The molecule has 2 atom stereocenters. The highest BCUT2D eigenvalue weighted by Crippen LogP contribution is 2.43. The summed E-state index contributed by atoms with van der Waals surface area (Å²) in [6.45, 7) is 4.00. The molecule has 1 fully saturated rings. The van der Waals surface area contributed by atoms with E-state index in [0.29, 0.717) is 35.6 Å². The number of oxazole rings is 1. The highest BCUT2D eigenvalue weighted by molar-refractivity contribution is 5.99. The van der Waals surface area contributed by atoms with Crippen LogP contribution in [-0.2, 0) is 28.7 Å². The summed E-state index contributed by atoms with van der Waals surface area (Å²) in [4.78, 5) is 37.8. The van der Waals surface area contributed by atoms with Crippen LogP contribution >= 0.6 is 0 Å². The molecule has 3 aromatic heterocycles. The van der Waals surface area contributed by atoms with E-state index >= 15 is 0 Å². The quantitative estimate of drug-likeness (QED) is 0.288. The van der Waals surface area contributed by atoms with Crippen molar-refractivity contribution in [2.24, 2.45) is 0 Å². The van der Waals surface area contributed by atoms with Crippen molar-refractivity contribution in [3.05, 3.63) is 101 Å². The third-order valence-electron chi connectivity index (χ3n) is 8.72. The fourth-order valence-electron chi connectivity index (χ4n) is 6.28. The van der Waals surface area contributed by atoms with Gasteiger partial charge >= 0.3 is 6.18 Å². The zero-order valence-corrected chi connectivity index (χ0v) is 24.6. The number of carbonyl (C=O) groups excluding carboxylic acids is 2. The van der Waals surface area contributed by atoms with Crippen molar-refractivity contribution >= 4 is 17.5 Å². The van der Waals surface area contributed by atoms with Gasteiger partial charge in [0.1, 0.15) is 24.7 Å². The number of halogens is 3. The standard InChI is InChI=1S/C32H30F3N7O4/c1-2-28(43)40-15-24-29-23(9-11-41(24)31(44)21-14-38-26(13-22(21)36)32(33,34)35)42(20-7-5-19(6-8-20)18-3-4-18)39-30(29)25(16-40)46-17-27-37-10-12-45-27/h2,5-8,10,12-14,18,24-25H,1,3-4,9,11,15-17H2,(H2,36,38). The van der Waals surface area contributed by atoms with Gasteiger partial charge in [-0.25, -0.2) is 9.67 Å². The van der Waals surface area contributed by atoms with E-state index in [9.17, 15) is 22.8 Å². The first-order valence-electron chi connectivity index (χ1n) is 14.9. The average molecular weight is 634 g/mol. The van der Waals surface area contributed by atoms with E-state index in [1.165, 1.54) is 46.7 Å². The minimum atomic E-state index is -4.72. The second-order valence-corrected chi connectivity index (χ2v) is 11.6. The molecule has 3 aliphatic rings. The van der Waals surface area contributed by atoms with Crippen LogP contribution in [-0.4, -0.2) is 61.0 Å². The first-order chi connectivity index (χ1) is 22.1. The summed E-state index contributed by atoms with van der Waals surface area (Å²) in [5.41, 5.74) is 8.49. The molecule has 2 amide bonds. The molecule has 0 bridgehead atoms. The molecule has 0 saturated heterocycles. The number of benzene rings is 1. The number of amides is 2. The first kappa shape index (κ1) is 29.7. The smallest absolute Gasteiger partial charge is 0.433 e. The fourth-order valence-corrected chi connectivity index (χ4v) is 6.28. The van der Waals surface area contributed by atoms with Crippen molar-refractivity contribution in [1.29, 1.82) is 0 Å². The number of pyridine rings is 1. The molecule has 46 heavy (non-hydrogen) atoms. The number of nitrogen functional groups attached to an aromatic ring is 1. The molecule has 0 spiro atoms. The summed E-state index contributed by atoms with van der Waals surface area (Å²) in [7, 11) is 0. The molecule has 5 heterocycles. The van der Waals surface area contributed by atoms with Gasteiger partial charge in [-0.05, 0) is 48.6 Å². The maximum atomic E-state index is 14.0. The summed E-state index contributed by atoms with van der Waals surface area (Å²) < 4.78 is 53.4. The molecule has 1 aromatic carbocycles. The van der Waals surface area contributed by atoms with Crippen LogP contribution in [0.2, 0.25) is 0 Å². The number of nitrogens with zero attached hydrogens (tertiary/aromatic N) is 6. The van der Waals surface area contributed by atoms with E-state index < -0.39 is 29.9 Å². The van der Waals surface area contributed by atoms with Crippen molar-refractivity contribution < 1.29 is 31.9 Å². The summed E-state index contributed by atoms with van der Waals surface area (Å²) in [5, 5.41) is 5.03. The van der Waals surface area contributed by atoms with Crippen LogP contribution < -0.4 is 5.73 Å². The van der Waals surface area contributed by atoms with Crippen molar-refractivity contribution in [1.82, 2.24) is 29.5 Å². The highest BCUT2D eigenvalue weighted by Gasteiger charge is 2.44. The van der Waals surface area contributed by atoms with Gasteiger partial charge in [0.05, 0.1) is 41.4 Å². The van der Waals surface area contributed by atoms with E-state index in [-0.39, 0.29) is 43.4 Å². The second kappa shape index (κ2) is 11.4. The molecule has 1 aliphatic carbocycles. The van der Waals surface area contributed by atoms with Gasteiger partial charge < -0.3 is 24.7 Å². The SMILES string of the molecule is C=CC(=O)N1CC(OCc2ncco2)c2nn(-c3ccc(C4CC4)cc3)c3c2C(C1)N(C(=O)c1cnc(C(F)(F)F)cc1N)CC3. The molecule has 14 heteroatoms. The van der Waals surface area contributed by atoms with Gasteiger partial charge in [0.25, 0.3) is 5.91 Å². The minimum absolute atomic E-state index is 0.00652. The van der Waals surface area contributed by atoms with Crippen molar-refractivity contribution in [2.75, 3.05) is 25.4 Å². The van der Waals surface area contributed by atoms with Gasteiger partial charge in [-0.3, -0.25) is 14.6 Å². The zero-order valence-electron chi connectivity index (χ0n) is 24.6. The van der Waals surface area contributed by atoms with Crippen LogP contribution in [0.4, 0.5) is 18.9 Å². The predicted octanol–water partition coefficient (Wildman–Crippen LogP) is 4.76. The Morgan fingerprint density at radius 3 is 2.59 bits per heavy atom. The Labute approximate surface area is 261 Å². The summed E-state index contributed by atoms with van der Waals surface area (Å²) >= 11 is 0. The van der Waals surface area contributed by atoms with E-state index in [0.717, 1.165) is 17.6 Å². The molecule has 2 N–H and O–H groups in total. The molecule has 7 rings (SSSR count). The topological polar surface area (TPSA) is 133 Å². The Kier molecular flexibility index (Phi) is 7.38. The Morgan fingerprint density at radius 2 is 1.93 bits per heavy atom. The molecular formula is C32H30F3N7O4. The number of nitrogens with two attached hydrogens (primary N) is 1. The molecule has 238 valence electrons. The lowest BCUT2D eigenvalue weighted by Gasteiger charge is -2.38. The van der Waals surface area contributed by atoms with Gasteiger partial charge in [-0.1, -0.05) is 18.7 Å².